The third kappa shape index (κ3) is 5.06. The molecule has 0 spiro atoms. The summed E-state index contributed by atoms with van der Waals surface area (Å²) < 4.78 is 26.2. The lowest BCUT2D eigenvalue weighted by Gasteiger charge is -2.16. The van der Waals surface area contributed by atoms with Gasteiger partial charge in [-0.05, 0) is 30.5 Å². The van der Waals surface area contributed by atoms with Crippen molar-refractivity contribution in [1.29, 1.82) is 0 Å². The highest BCUT2D eigenvalue weighted by Gasteiger charge is 2.13. The number of carbonyl (C=O) groups excluding carboxylic acids is 1. The van der Waals surface area contributed by atoms with E-state index in [2.05, 4.69) is 13.8 Å². The average Bonchev–Trinajstić information content (AvgIpc) is 2.47. The van der Waals surface area contributed by atoms with Crippen LogP contribution < -0.4 is 4.74 Å². The molecule has 0 aliphatic rings. The first-order valence-electron chi connectivity index (χ1n) is 6.95. The van der Waals surface area contributed by atoms with E-state index in [0.717, 1.165) is 25.7 Å². The van der Waals surface area contributed by atoms with Crippen LogP contribution in [0, 0.1) is 5.92 Å². The van der Waals surface area contributed by atoms with Crippen molar-refractivity contribution in [2.75, 3.05) is 6.61 Å². The summed E-state index contributed by atoms with van der Waals surface area (Å²) in [5, 5.41) is 0. The highest BCUT2D eigenvalue weighted by molar-refractivity contribution is 7.79. The van der Waals surface area contributed by atoms with Crippen molar-refractivity contribution < 1.29 is 18.3 Å². The van der Waals surface area contributed by atoms with Crippen LogP contribution in [0.4, 0.5) is 0 Å². The van der Waals surface area contributed by atoms with Gasteiger partial charge in [0.05, 0.1) is 6.61 Å². The van der Waals surface area contributed by atoms with Gasteiger partial charge in [0.15, 0.2) is 11.1 Å². The third-order valence-corrected chi connectivity index (χ3v) is 4.01. The molecule has 0 saturated carbocycles. The van der Waals surface area contributed by atoms with Crippen LogP contribution in [0.25, 0.3) is 0 Å². The lowest BCUT2D eigenvalue weighted by atomic mass is 10.0. The number of ether oxygens (including phenoxy) is 1. The molecule has 0 amide bonds. The summed E-state index contributed by atoms with van der Waals surface area (Å²) in [6, 6.07) is 4.57. The zero-order valence-electron chi connectivity index (χ0n) is 12.0. The average molecular weight is 298 g/mol. The molecule has 0 saturated heterocycles. The van der Waals surface area contributed by atoms with Crippen LogP contribution in [-0.2, 0) is 11.1 Å². The quantitative estimate of drug-likeness (QED) is 0.558. The second-order valence-electron chi connectivity index (χ2n) is 4.80. The molecular weight excluding hydrogens is 276 g/mol. The van der Waals surface area contributed by atoms with Gasteiger partial charge in [-0.3, -0.25) is 4.79 Å². The molecule has 1 aromatic carbocycles. The highest BCUT2D eigenvalue weighted by atomic mass is 32.2. The molecule has 5 heteroatoms. The Bertz CT molecular complexity index is 459. The molecule has 0 radical (unpaired) electrons. The van der Waals surface area contributed by atoms with Crippen molar-refractivity contribution in [2.24, 2.45) is 5.92 Å². The minimum atomic E-state index is -2.16. The monoisotopic (exact) mass is 298 g/mol. The lowest BCUT2D eigenvalue weighted by Crippen LogP contribution is -2.12. The Morgan fingerprint density at radius 1 is 1.40 bits per heavy atom. The van der Waals surface area contributed by atoms with Crippen molar-refractivity contribution in [3.63, 3.8) is 0 Å². The van der Waals surface area contributed by atoms with Crippen LogP contribution in [0.2, 0.25) is 0 Å². The molecule has 0 aliphatic heterocycles. The molecule has 20 heavy (non-hydrogen) atoms. The number of unbranched alkanes of at least 4 members (excludes halogenated alkanes) is 1. The maximum atomic E-state index is 11.3. The Labute approximate surface area is 122 Å². The fourth-order valence-electron chi connectivity index (χ4n) is 1.96. The summed E-state index contributed by atoms with van der Waals surface area (Å²) in [5.41, 5.74) is 0.368. The highest BCUT2D eigenvalue weighted by Crippen LogP contribution is 2.24. The van der Waals surface area contributed by atoms with E-state index in [1.807, 2.05) is 0 Å². The van der Waals surface area contributed by atoms with Gasteiger partial charge in [0, 0.05) is 5.56 Å². The van der Waals surface area contributed by atoms with Gasteiger partial charge >= 0.3 is 0 Å². The zero-order valence-corrected chi connectivity index (χ0v) is 12.8. The summed E-state index contributed by atoms with van der Waals surface area (Å²) >= 11 is -2.16. The van der Waals surface area contributed by atoms with E-state index in [-0.39, 0.29) is 4.90 Å². The van der Waals surface area contributed by atoms with Crippen LogP contribution in [0.5, 0.6) is 5.75 Å². The minimum absolute atomic E-state index is 0.153. The van der Waals surface area contributed by atoms with E-state index in [9.17, 15) is 13.6 Å². The van der Waals surface area contributed by atoms with Crippen LogP contribution in [0.1, 0.15) is 49.9 Å². The van der Waals surface area contributed by atoms with E-state index in [1.165, 1.54) is 6.07 Å². The van der Waals surface area contributed by atoms with E-state index in [4.69, 9.17) is 4.74 Å². The first-order chi connectivity index (χ1) is 9.62. The molecule has 0 aliphatic carbocycles. The molecular formula is C15H22O4S. The van der Waals surface area contributed by atoms with Crippen LogP contribution in [-0.4, -0.2) is 21.7 Å². The second-order valence-corrected chi connectivity index (χ2v) is 5.74. The summed E-state index contributed by atoms with van der Waals surface area (Å²) in [7, 11) is 0. The molecule has 0 heterocycles. The molecule has 0 aromatic heterocycles. The fourth-order valence-corrected chi connectivity index (χ4v) is 2.50. The molecule has 1 rings (SSSR count). The zero-order chi connectivity index (χ0) is 15.0. The maximum Gasteiger partial charge on any atom is 0.190 e. The summed E-state index contributed by atoms with van der Waals surface area (Å²) in [4.78, 5) is 10.9. The number of rotatable bonds is 9. The van der Waals surface area contributed by atoms with Gasteiger partial charge in [-0.25, -0.2) is 4.21 Å². The normalized spacial score (nSPS) is 13.8. The largest absolute Gasteiger partial charge is 0.492 e. The molecule has 1 aromatic rings. The molecule has 2 unspecified atom stereocenters. The van der Waals surface area contributed by atoms with E-state index >= 15 is 0 Å². The Morgan fingerprint density at radius 3 is 2.70 bits per heavy atom. The number of aldehydes is 1. The number of carbonyl (C=O) groups is 1. The second kappa shape index (κ2) is 8.87. The van der Waals surface area contributed by atoms with Crippen molar-refractivity contribution >= 4 is 17.4 Å². The summed E-state index contributed by atoms with van der Waals surface area (Å²) in [6.07, 6.45) is 5.07. The van der Waals surface area contributed by atoms with Gasteiger partial charge in [0.25, 0.3) is 0 Å². The first kappa shape index (κ1) is 16.9. The lowest BCUT2D eigenvalue weighted by molar-refractivity contribution is 0.112. The van der Waals surface area contributed by atoms with Crippen LogP contribution in [0.3, 0.4) is 0 Å². The Balaban J connectivity index is 2.75. The Hall–Kier alpha value is -1.20. The predicted molar refractivity (Wildman–Crippen MR) is 79.7 cm³/mol. The van der Waals surface area contributed by atoms with Crippen molar-refractivity contribution in [3.8, 4) is 5.75 Å². The van der Waals surface area contributed by atoms with Crippen molar-refractivity contribution in [1.82, 2.24) is 0 Å². The molecule has 0 bridgehead atoms. The molecule has 0 fully saturated rings. The number of hydrogen-bond acceptors (Lipinski definition) is 3. The molecule has 112 valence electrons. The van der Waals surface area contributed by atoms with Gasteiger partial charge in [-0.2, -0.15) is 0 Å². The van der Waals surface area contributed by atoms with E-state index in [1.54, 1.807) is 12.1 Å². The Kier molecular flexibility index (Phi) is 7.47. The van der Waals surface area contributed by atoms with Crippen LogP contribution in [0.15, 0.2) is 23.1 Å². The predicted octanol–water partition coefficient (Wildman–Crippen LogP) is 3.67. The van der Waals surface area contributed by atoms with E-state index in [0.29, 0.717) is 30.1 Å². The third-order valence-electron chi connectivity index (χ3n) is 3.31. The van der Waals surface area contributed by atoms with Crippen molar-refractivity contribution in [3.05, 3.63) is 23.8 Å². The van der Waals surface area contributed by atoms with Gasteiger partial charge in [0.2, 0.25) is 0 Å². The first-order valence-corrected chi connectivity index (χ1v) is 8.05. The smallest absolute Gasteiger partial charge is 0.190 e. The van der Waals surface area contributed by atoms with Gasteiger partial charge in [-0.1, -0.05) is 33.1 Å². The number of benzene rings is 1. The van der Waals surface area contributed by atoms with Gasteiger partial charge in [0.1, 0.15) is 16.9 Å². The minimum Gasteiger partial charge on any atom is -0.492 e. The van der Waals surface area contributed by atoms with Gasteiger partial charge < -0.3 is 9.29 Å². The maximum absolute atomic E-state index is 11.3. The molecule has 4 nitrogen and oxygen atoms in total. The topological polar surface area (TPSA) is 63.6 Å². The van der Waals surface area contributed by atoms with Gasteiger partial charge in [-0.15, -0.1) is 0 Å². The van der Waals surface area contributed by atoms with E-state index < -0.39 is 11.1 Å². The SMILES string of the molecule is CCCCC(CC)COc1ccc(C=O)cc1S(=O)O. The Morgan fingerprint density at radius 2 is 2.15 bits per heavy atom. The number of hydrogen-bond donors (Lipinski definition) is 1. The molecule has 2 atom stereocenters. The fraction of sp³-hybridized carbons (Fsp3) is 0.533. The summed E-state index contributed by atoms with van der Waals surface area (Å²) in [5.74, 6) is 0.826. The van der Waals surface area contributed by atoms with Crippen molar-refractivity contribution in [2.45, 2.75) is 44.4 Å². The standard InChI is InChI=1S/C15H22O4S/c1-3-5-6-12(4-2)11-19-14-8-7-13(10-16)9-15(14)20(17)18/h7-10,12H,3-6,11H2,1-2H3,(H,17,18). The molecule has 1 N–H and O–H groups in total. The van der Waals surface area contributed by atoms with Crippen LogP contribution >= 0.6 is 0 Å². The summed E-state index contributed by atoms with van der Waals surface area (Å²) in [6.45, 7) is 4.80.